The Balaban J connectivity index is 1.66. The predicted molar refractivity (Wildman–Crippen MR) is 110 cm³/mol. The first kappa shape index (κ1) is 19.8. The molecule has 1 aliphatic heterocycles. The highest BCUT2D eigenvalue weighted by atomic mass is 19.1. The van der Waals surface area contributed by atoms with Gasteiger partial charge in [0.05, 0.1) is 25.8 Å². The smallest absolute Gasteiger partial charge is 0.264 e. The van der Waals surface area contributed by atoms with Crippen LogP contribution in [0.15, 0.2) is 72.8 Å². The Kier molecular flexibility index (Phi) is 5.10. The highest BCUT2D eigenvalue weighted by molar-refractivity contribution is 6.10. The molecule has 4 rings (SSSR count). The number of hydrogen-bond donors (Lipinski definition) is 1. The van der Waals surface area contributed by atoms with E-state index in [0.29, 0.717) is 28.1 Å². The van der Waals surface area contributed by atoms with E-state index in [0.717, 1.165) is 0 Å². The van der Waals surface area contributed by atoms with E-state index >= 15 is 0 Å². The molecule has 1 aliphatic rings. The summed E-state index contributed by atoms with van der Waals surface area (Å²) in [5.41, 5.74) is -0.517. The lowest BCUT2D eigenvalue weighted by Crippen LogP contribution is -2.41. The lowest BCUT2D eigenvalue weighted by atomic mass is 9.88. The van der Waals surface area contributed by atoms with E-state index in [2.05, 4.69) is 0 Å². The van der Waals surface area contributed by atoms with Gasteiger partial charge >= 0.3 is 0 Å². The van der Waals surface area contributed by atoms with Crippen molar-refractivity contribution < 1.29 is 23.8 Å². The number of carbonyl (C=O) groups is 2. The number of ketones is 1. The zero-order valence-electron chi connectivity index (χ0n) is 16.3. The number of ether oxygens (including phenoxy) is 1. The third kappa shape index (κ3) is 3.35. The van der Waals surface area contributed by atoms with Crippen LogP contribution in [-0.4, -0.2) is 23.9 Å². The summed E-state index contributed by atoms with van der Waals surface area (Å²) in [4.78, 5) is 27.4. The molecule has 30 heavy (non-hydrogen) atoms. The molecule has 0 saturated heterocycles. The molecule has 0 aliphatic carbocycles. The fraction of sp³-hybridized carbons (Fsp3) is 0.167. The minimum atomic E-state index is -2.02. The van der Waals surface area contributed by atoms with Gasteiger partial charge in [0.25, 0.3) is 5.91 Å². The summed E-state index contributed by atoms with van der Waals surface area (Å²) in [5, 5.41) is 11.3. The highest BCUT2D eigenvalue weighted by Crippen LogP contribution is 2.43. The average Bonchev–Trinajstić information content (AvgIpc) is 2.97. The van der Waals surface area contributed by atoms with Crippen LogP contribution in [0.4, 0.5) is 10.1 Å². The summed E-state index contributed by atoms with van der Waals surface area (Å²) in [6.07, 6.45) is -0.414. The van der Waals surface area contributed by atoms with Crippen LogP contribution < -0.4 is 9.64 Å². The van der Waals surface area contributed by atoms with Crippen LogP contribution >= 0.6 is 0 Å². The van der Waals surface area contributed by atoms with Crippen molar-refractivity contribution in [2.24, 2.45) is 0 Å². The molecule has 1 amide bonds. The third-order valence-electron chi connectivity index (χ3n) is 5.35. The Morgan fingerprint density at radius 1 is 1.03 bits per heavy atom. The lowest BCUT2D eigenvalue weighted by Gasteiger charge is -2.23. The van der Waals surface area contributed by atoms with Crippen molar-refractivity contribution in [2.45, 2.75) is 18.6 Å². The molecular formula is C24H20FNO4. The fourth-order valence-electron chi connectivity index (χ4n) is 3.74. The molecule has 6 heteroatoms. The van der Waals surface area contributed by atoms with Crippen molar-refractivity contribution in [2.75, 3.05) is 12.0 Å². The van der Waals surface area contributed by atoms with E-state index < -0.39 is 23.7 Å². The van der Waals surface area contributed by atoms with Gasteiger partial charge in [-0.1, -0.05) is 36.4 Å². The number of fused-ring (bicyclic) bond motifs is 1. The van der Waals surface area contributed by atoms with Gasteiger partial charge in [-0.2, -0.15) is 0 Å². The van der Waals surface area contributed by atoms with E-state index in [1.54, 1.807) is 66.7 Å². The van der Waals surface area contributed by atoms with E-state index in [-0.39, 0.29) is 12.3 Å². The lowest BCUT2D eigenvalue weighted by molar-refractivity contribution is -0.136. The second kappa shape index (κ2) is 7.72. The van der Waals surface area contributed by atoms with Gasteiger partial charge in [0, 0.05) is 16.7 Å². The summed E-state index contributed by atoms with van der Waals surface area (Å²) in [5.74, 6) is -0.860. The number of nitrogens with zero attached hydrogens (tertiary/aromatic N) is 1. The first-order valence-electron chi connectivity index (χ1n) is 9.48. The molecule has 0 aromatic heterocycles. The van der Waals surface area contributed by atoms with Gasteiger partial charge < -0.3 is 14.7 Å². The van der Waals surface area contributed by atoms with Crippen molar-refractivity contribution in [3.05, 3.63) is 95.3 Å². The quantitative estimate of drug-likeness (QED) is 0.633. The molecule has 0 saturated carbocycles. The SMILES string of the molecule is COc1ccc(C(=O)C[C@@]2(O)C(=O)N(Cc3ccccc3F)c3ccccc32)cc1. The minimum absolute atomic E-state index is 0.0401. The predicted octanol–water partition coefficient (Wildman–Crippen LogP) is 3.84. The first-order chi connectivity index (χ1) is 14.4. The van der Waals surface area contributed by atoms with Gasteiger partial charge in [0.2, 0.25) is 0 Å². The second-order valence-corrected chi connectivity index (χ2v) is 7.19. The standard InChI is InChI=1S/C24H20FNO4/c1-30-18-12-10-16(11-13-18)22(27)14-24(29)19-7-3-5-9-21(19)26(23(24)28)15-17-6-2-4-8-20(17)25/h2-13,29H,14-15H2,1H3/t24-/m0/s1. The van der Waals surface area contributed by atoms with Crippen LogP contribution in [0.25, 0.3) is 0 Å². The molecule has 1 atom stereocenters. The van der Waals surface area contributed by atoms with E-state index in [9.17, 15) is 19.1 Å². The van der Waals surface area contributed by atoms with Crippen LogP contribution in [0.1, 0.15) is 27.9 Å². The number of anilines is 1. The van der Waals surface area contributed by atoms with Crippen LogP contribution in [0.5, 0.6) is 5.75 Å². The Labute approximate surface area is 173 Å². The van der Waals surface area contributed by atoms with Crippen LogP contribution in [0.2, 0.25) is 0 Å². The third-order valence-corrected chi connectivity index (χ3v) is 5.35. The maximum Gasteiger partial charge on any atom is 0.264 e. The van der Waals surface area contributed by atoms with Crippen LogP contribution in [0.3, 0.4) is 0 Å². The Bertz CT molecular complexity index is 1110. The number of benzene rings is 3. The summed E-state index contributed by atoms with van der Waals surface area (Å²) in [6, 6.07) is 19.4. The normalized spacial score (nSPS) is 17.7. The Morgan fingerprint density at radius 3 is 2.40 bits per heavy atom. The Hall–Kier alpha value is -3.51. The number of amides is 1. The van der Waals surface area contributed by atoms with Gasteiger partial charge in [-0.3, -0.25) is 9.59 Å². The summed E-state index contributed by atoms with van der Waals surface area (Å²) in [6.45, 7) is -0.0401. The topological polar surface area (TPSA) is 66.8 Å². The number of rotatable bonds is 6. The number of Topliss-reactive ketones (excluding diaryl/α,β-unsaturated/α-hetero) is 1. The average molecular weight is 405 g/mol. The van der Waals surface area contributed by atoms with Crippen LogP contribution in [0, 0.1) is 5.82 Å². The van der Waals surface area contributed by atoms with Crippen molar-refractivity contribution in [3.8, 4) is 5.75 Å². The number of aliphatic hydroxyl groups is 1. The molecule has 1 heterocycles. The molecule has 0 radical (unpaired) electrons. The van der Waals surface area contributed by atoms with Crippen molar-refractivity contribution in [3.63, 3.8) is 0 Å². The van der Waals surface area contributed by atoms with Crippen molar-refractivity contribution in [1.29, 1.82) is 0 Å². The largest absolute Gasteiger partial charge is 0.497 e. The number of methoxy groups -OCH3 is 1. The summed E-state index contributed by atoms with van der Waals surface area (Å²) in [7, 11) is 1.53. The second-order valence-electron chi connectivity index (χ2n) is 7.19. The molecule has 3 aromatic carbocycles. The van der Waals surface area contributed by atoms with Gasteiger partial charge in [-0.15, -0.1) is 0 Å². The van der Waals surface area contributed by atoms with Gasteiger partial charge in [-0.25, -0.2) is 4.39 Å². The Morgan fingerprint density at radius 2 is 1.70 bits per heavy atom. The van der Waals surface area contributed by atoms with Gasteiger partial charge in [-0.05, 0) is 36.4 Å². The molecular weight excluding hydrogens is 385 g/mol. The molecule has 3 aromatic rings. The van der Waals surface area contributed by atoms with E-state index in [1.807, 2.05) is 0 Å². The van der Waals surface area contributed by atoms with Gasteiger partial charge in [0.15, 0.2) is 11.4 Å². The zero-order chi connectivity index (χ0) is 21.3. The zero-order valence-corrected chi connectivity index (χ0v) is 16.3. The molecule has 0 spiro atoms. The fourth-order valence-corrected chi connectivity index (χ4v) is 3.74. The molecule has 1 N–H and O–H groups in total. The number of hydrogen-bond acceptors (Lipinski definition) is 4. The van der Waals surface area contributed by atoms with E-state index in [1.165, 1.54) is 18.1 Å². The molecule has 0 fully saturated rings. The summed E-state index contributed by atoms with van der Waals surface area (Å²) >= 11 is 0. The number of carbonyl (C=O) groups excluding carboxylic acids is 2. The number of para-hydroxylation sites is 1. The monoisotopic (exact) mass is 405 g/mol. The maximum atomic E-state index is 14.2. The molecule has 5 nitrogen and oxygen atoms in total. The molecule has 0 bridgehead atoms. The number of halogens is 1. The highest BCUT2D eigenvalue weighted by Gasteiger charge is 2.50. The van der Waals surface area contributed by atoms with Crippen LogP contribution in [-0.2, 0) is 16.9 Å². The van der Waals surface area contributed by atoms with Crippen molar-refractivity contribution >= 4 is 17.4 Å². The summed E-state index contributed by atoms with van der Waals surface area (Å²) < 4.78 is 19.3. The first-order valence-corrected chi connectivity index (χ1v) is 9.48. The molecule has 152 valence electrons. The van der Waals surface area contributed by atoms with E-state index in [4.69, 9.17) is 4.74 Å². The minimum Gasteiger partial charge on any atom is -0.497 e. The molecule has 0 unspecified atom stereocenters. The van der Waals surface area contributed by atoms with Gasteiger partial charge in [0.1, 0.15) is 11.6 Å². The van der Waals surface area contributed by atoms with Crippen molar-refractivity contribution in [1.82, 2.24) is 0 Å². The maximum absolute atomic E-state index is 14.2.